The third kappa shape index (κ3) is 2.06. The Morgan fingerprint density at radius 1 is 1.26 bits per heavy atom. The van der Waals surface area contributed by atoms with E-state index in [9.17, 15) is 0 Å². The number of nitrogen functional groups attached to an aromatic ring is 1. The fourth-order valence-corrected chi connectivity index (χ4v) is 2.39. The van der Waals surface area contributed by atoms with Crippen molar-refractivity contribution in [3.8, 4) is 5.88 Å². The quantitative estimate of drug-likeness (QED) is 0.719. The highest BCUT2D eigenvalue weighted by Crippen LogP contribution is 2.32. The zero-order valence-electron chi connectivity index (χ0n) is 10.0. The van der Waals surface area contributed by atoms with Gasteiger partial charge >= 0.3 is 0 Å². The van der Waals surface area contributed by atoms with Gasteiger partial charge in [0.25, 0.3) is 0 Å². The highest BCUT2D eigenvalue weighted by Gasteiger charge is 2.13. The van der Waals surface area contributed by atoms with Gasteiger partial charge in [-0.3, -0.25) is 4.40 Å². The summed E-state index contributed by atoms with van der Waals surface area (Å²) in [6, 6.07) is 5.69. The van der Waals surface area contributed by atoms with E-state index in [0.717, 1.165) is 5.65 Å². The first-order valence-corrected chi connectivity index (χ1v) is 6.23. The fourth-order valence-electron chi connectivity index (χ4n) is 1.58. The summed E-state index contributed by atoms with van der Waals surface area (Å²) < 4.78 is 6.92. The lowest BCUT2D eigenvalue weighted by molar-refractivity contribution is 0.397. The molecule has 0 spiro atoms. The number of hydrogen-bond donors (Lipinski definition) is 1. The highest BCUT2D eigenvalue weighted by molar-refractivity contribution is 7.99. The summed E-state index contributed by atoms with van der Waals surface area (Å²) in [5.41, 5.74) is 7.09. The number of fused-ring (bicyclic) bond motifs is 1. The molecule has 0 atom stereocenters. The molecule has 0 aromatic carbocycles. The summed E-state index contributed by atoms with van der Waals surface area (Å²) in [4.78, 5) is 8.07. The van der Waals surface area contributed by atoms with Crippen LogP contribution in [0.25, 0.3) is 5.65 Å². The second-order valence-electron chi connectivity index (χ2n) is 3.62. The van der Waals surface area contributed by atoms with Gasteiger partial charge in [0.15, 0.2) is 5.65 Å². The maximum atomic E-state index is 5.93. The molecular formula is C11H10N6OS. The predicted octanol–water partition coefficient (Wildman–Crippen LogP) is 1.26. The lowest BCUT2D eigenvalue weighted by Crippen LogP contribution is -1.99. The van der Waals surface area contributed by atoms with E-state index in [2.05, 4.69) is 20.2 Å². The number of anilines is 1. The van der Waals surface area contributed by atoms with E-state index in [1.807, 2.05) is 28.8 Å². The third-order valence-corrected chi connectivity index (χ3v) is 3.45. The van der Waals surface area contributed by atoms with E-state index < -0.39 is 0 Å². The van der Waals surface area contributed by atoms with Gasteiger partial charge < -0.3 is 10.5 Å². The molecule has 96 valence electrons. The first-order valence-electron chi connectivity index (χ1n) is 5.41. The number of hydrogen-bond acceptors (Lipinski definition) is 7. The van der Waals surface area contributed by atoms with Gasteiger partial charge in [0.1, 0.15) is 17.0 Å². The van der Waals surface area contributed by atoms with E-state index in [1.54, 1.807) is 0 Å². The summed E-state index contributed by atoms with van der Waals surface area (Å²) in [7, 11) is 1.51. The van der Waals surface area contributed by atoms with Gasteiger partial charge in [0, 0.05) is 6.20 Å². The second kappa shape index (κ2) is 4.73. The van der Waals surface area contributed by atoms with Crippen LogP contribution >= 0.6 is 11.8 Å². The van der Waals surface area contributed by atoms with Crippen LogP contribution in [0.15, 0.2) is 40.9 Å². The van der Waals surface area contributed by atoms with E-state index in [0.29, 0.717) is 21.7 Å². The van der Waals surface area contributed by atoms with Gasteiger partial charge in [-0.2, -0.15) is 4.98 Å². The summed E-state index contributed by atoms with van der Waals surface area (Å²) in [6.45, 7) is 0. The predicted molar refractivity (Wildman–Crippen MR) is 70.1 cm³/mol. The molecule has 7 nitrogen and oxygen atoms in total. The minimum Gasteiger partial charge on any atom is -0.479 e. The Labute approximate surface area is 112 Å². The monoisotopic (exact) mass is 274 g/mol. The molecule has 3 heterocycles. The van der Waals surface area contributed by atoms with Crippen molar-refractivity contribution in [2.24, 2.45) is 0 Å². The summed E-state index contributed by atoms with van der Waals surface area (Å²) in [6.07, 6.45) is 3.28. The Bertz CT molecular complexity index is 728. The maximum absolute atomic E-state index is 5.93. The first-order chi connectivity index (χ1) is 9.29. The third-order valence-electron chi connectivity index (χ3n) is 2.47. The molecule has 0 aliphatic carbocycles. The molecule has 19 heavy (non-hydrogen) atoms. The molecular weight excluding hydrogens is 264 g/mol. The summed E-state index contributed by atoms with van der Waals surface area (Å²) in [5, 5.41) is 9.44. The molecule has 0 bridgehead atoms. The normalized spacial score (nSPS) is 10.8. The number of ether oxygens (including phenoxy) is 1. The second-order valence-corrected chi connectivity index (χ2v) is 4.57. The van der Waals surface area contributed by atoms with Crippen LogP contribution in [0.5, 0.6) is 5.88 Å². The Hall–Kier alpha value is -2.35. The molecule has 0 saturated carbocycles. The van der Waals surface area contributed by atoms with Crippen LogP contribution in [0.1, 0.15) is 0 Å². The average Bonchev–Trinajstić information content (AvgIpc) is 2.85. The Morgan fingerprint density at radius 3 is 3.00 bits per heavy atom. The minimum absolute atomic E-state index is 0.353. The number of aromatic nitrogens is 5. The van der Waals surface area contributed by atoms with Crippen LogP contribution in [-0.4, -0.2) is 31.7 Å². The number of methoxy groups -OCH3 is 1. The van der Waals surface area contributed by atoms with Gasteiger partial charge in [0.2, 0.25) is 11.0 Å². The van der Waals surface area contributed by atoms with Crippen LogP contribution in [0, 0.1) is 0 Å². The van der Waals surface area contributed by atoms with Crippen molar-refractivity contribution in [1.29, 1.82) is 0 Å². The lowest BCUT2D eigenvalue weighted by atomic mass is 10.5. The van der Waals surface area contributed by atoms with Gasteiger partial charge in [-0.05, 0) is 23.9 Å². The number of rotatable bonds is 3. The van der Waals surface area contributed by atoms with Crippen molar-refractivity contribution < 1.29 is 4.74 Å². The Kier molecular flexibility index (Phi) is 2.92. The zero-order valence-corrected chi connectivity index (χ0v) is 10.8. The molecule has 0 saturated heterocycles. The van der Waals surface area contributed by atoms with Crippen LogP contribution in [0.4, 0.5) is 5.69 Å². The fraction of sp³-hybridized carbons (Fsp3) is 0.0909. The molecule has 0 unspecified atom stereocenters. The number of nitrogens with two attached hydrogens (primary N) is 1. The van der Waals surface area contributed by atoms with Crippen molar-refractivity contribution in [1.82, 2.24) is 24.6 Å². The van der Waals surface area contributed by atoms with Crippen molar-refractivity contribution in [3.05, 3.63) is 30.7 Å². The van der Waals surface area contributed by atoms with Crippen molar-refractivity contribution >= 4 is 23.1 Å². The van der Waals surface area contributed by atoms with Gasteiger partial charge in [-0.15, -0.1) is 10.2 Å². The van der Waals surface area contributed by atoms with E-state index in [4.69, 9.17) is 10.5 Å². The molecule has 0 amide bonds. The SMILES string of the molecule is COc1ncnc(Sc2nnc3ccccn23)c1N. The van der Waals surface area contributed by atoms with E-state index in [1.165, 1.54) is 25.2 Å². The van der Waals surface area contributed by atoms with Gasteiger partial charge in [-0.25, -0.2) is 4.98 Å². The van der Waals surface area contributed by atoms with Gasteiger partial charge in [0.05, 0.1) is 7.11 Å². The summed E-state index contributed by atoms with van der Waals surface area (Å²) >= 11 is 1.31. The maximum Gasteiger partial charge on any atom is 0.241 e. The molecule has 0 aliphatic rings. The molecule has 3 aromatic heterocycles. The Balaban J connectivity index is 2.02. The van der Waals surface area contributed by atoms with E-state index in [-0.39, 0.29) is 0 Å². The van der Waals surface area contributed by atoms with Crippen molar-refractivity contribution in [2.75, 3.05) is 12.8 Å². The van der Waals surface area contributed by atoms with Gasteiger partial charge in [-0.1, -0.05) is 6.07 Å². The molecule has 8 heteroatoms. The largest absolute Gasteiger partial charge is 0.479 e. The van der Waals surface area contributed by atoms with Crippen LogP contribution < -0.4 is 10.5 Å². The zero-order chi connectivity index (χ0) is 13.2. The van der Waals surface area contributed by atoms with Crippen LogP contribution in [-0.2, 0) is 0 Å². The molecule has 0 aliphatic heterocycles. The van der Waals surface area contributed by atoms with E-state index >= 15 is 0 Å². The minimum atomic E-state index is 0.353. The van der Waals surface area contributed by atoms with Crippen molar-refractivity contribution in [3.63, 3.8) is 0 Å². The molecule has 2 N–H and O–H groups in total. The van der Waals surface area contributed by atoms with Crippen LogP contribution in [0.2, 0.25) is 0 Å². The average molecular weight is 274 g/mol. The lowest BCUT2D eigenvalue weighted by Gasteiger charge is -2.06. The highest BCUT2D eigenvalue weighted by atomic mass is 32.2. The molecule has 3 aromatic rings. The molecule has 0 fully saturated rings. The smallest absolute Gasteiger partial charge is 0.241 e. The number of pyridine rings is 1. The molecule has 0 radical (unpaired) electrons. The standard InChI is InChI=1S/C11H10N6OS/c1-18-9-8(12)10(14-6-13-9)19-11-16-15-7-4-2-3-5-17(7)11/h2-6H,12H2,1H3. The molecule has 3 rings (SSSR count). The topological polar surface area (TPSA) is 91.2 Å². The van der Waals surface area contributed by atoms with Crippen molar-refractivity contribution in [2.45, 2.75) is 10.2 Å². The number of nitrogens with zero attached hydrogens (tertiary/aromatic N) is 5. The Morgan fingerprint density at radius 2 is 2.16 bits per heavy atom. The van der Waals surface area contributed by atoms with Crippen LogP contribution in [0.3, 0.4) is 0 Å². The summed E-state index contributed by atoms with van der Waals surface area (Å²) in [5.74, 6) is 0.353. The first kappa shape index (κ1) is 11.7.